The Morgan fingerprint density at radius 1 is 0.938 bits per heavy atom. The van der Waals surface area contributed by atoms with E-state index in [0.29, 0.717) is 28.2 Å². The van der Waals surface area contributed by atoms with Gasteiger partial charge in [-0.15, -0.1) is 11.3 Å². The van der Waals surface area contributed by atoms with Crippen LogP contribution in [0.5, 0.6) is 0 Å². The summed E-state index contributed by atoms with van der Waals surface area (Å²) >= 11 is 1.17. The van der Waals surface area contributed by atoms with Gasteiger partial charge in [-0.1, -0.05) is 42.5 Å². The van der Waals surface area contributed by atoms with Crippen molar-refractivity contribution >= 4 is 27.3 Å². The minimum atomic E-state index is -3.83. The van der Waals surface area contributed by atoms with Gasteiger partial charge in [-0.05, 0) is 47.5 Å². The SMILES string of the molecule is NS(=O)(=O)c1ccc(-c2sc(C(=O)NCc3ccccc3)nc2-c2ccc(F)cc2)cc1. The molecule has 0 aliphatic heterocycles. The number of nitrogens with one attached hydrogen (secondary N) is 1. The minimum absolute atomic E-state index is 0.0186. The first kappa shape index (κ1) is 21.8. The Morgan fingerprint density at radius 2 is 1.56 bits per heavy atom. The highest BCUT2D eigenvalue weighted by Gasteiger charge is 2.20. The number of carbonyl (C=O) groups excluding carboxylic acids is 1. The average Bonchev–Trinajstić information content (AvgIpc) is 3.24. The second-order valence-electron chi connectivity index (χ2n) is 6.94. The van der Waals surface area contributed by atoms with Gasteiger partial charge in [0.05, 0.1) is 15.5 Å². The molecule has 0 saturated carbocycles. The van der Waals surface area contributed by atoms with E-state index < -0.39 is 10.0 Å². The summed E-state index contributed by atoms with van der Waals surface area (Å²) in [6.07, 6.45) is 0. The highest BCUT2D eigenvalue weighted by molar-refractivity contribution is 7.89. The van der Waals surface area contributed by atoms with E-state index in [0.717, 1.165) is 5.56 Å². The molecular formula is C23H18FN3O3S2. The fourth-order valence-corrected chi connectivity index (χ4v) is 4.59. The first-order chi connectivity index (χ1) is 15.3. The van der Waals surface area contributed by atoms with Gasteiger partial charge < -0.3 is 5.32 Å². The molecule has 0 unspecified atom stereocenters. The largest absolute Gasteiger partial charge is 0.346 e. The lowest BCUT2D eigenvalue weighted by molar-refractivity contribution is 0.0950. The highest BCUT2D eigenvalue weighted by atomic mass is 32.2. The van der Waals surface area contributed by atoms with Crippen LogP contribution in [0.2, 0.25) is 0 Å². The molecule has 0 fully saturated rings. The summed E-state index contributed by atoms with van der Waals surface area (Å²) in [5.41, 5.74) is 2.75. The molecule has 162 valence electrons. The van der Waals surface area contributed by atoms with Crippen molar-refractivity contribution < 1.29 is 17.6 Å². The molecule has 1 amide bonds. The van der Waals surface area contributed by atoms with Gasteiger partial charge in [0, 0.05) is 12.1 Å². The monoisotopic (exact) mass is 467 g/mol. The molecule has 4 aromatic rings. The number of amides is 1. The van der Waals surface area contributed by atoms with Crippen LogP contribution in [-0.4, -0.2) is 19.3 Å². The van der Waals surface area contributed by atoms with Crippen LogP contribution < -0.4 is 10.5 Å². The van der Waals surface area contributed by atoms with Crippen LogP contribution in [0.1, 0.15) is 15.4 Å². The number of nitrogens with two attached hydrogens (primary N) is 1. The average molecular weight is 468 g/mol. The first-order valence-corrected chi connectivity index (χ1v) is 11.9. The van der Waals surface area contributed by atoms with Crippen molar-refractivity contribution in [1.82, 2.24) is 10.3 Å². The second-order valence-corrected chi connectivity index (χ2v) is 9.50. The lowest BCUT2D eigenvalue weighted by atomic mass is 10.1. The van der Waals surface area contributed by atoms with E-state index in [1.165, 1.54) is 35.6 Å². The summed E-state index contributed by atoms with van der Waals surface area (Å²) in [6, 6.07) is 21.3. The Hall–Kier alpha value is -3.40. The third-order valence-corrected chi connectivity index (χ3v) is 6.71. The molecule has 3 N–H and O–H groups in total. The third kappa shape index (κ3) is 4.91. The number of hydrogen-bond donors (Lipinski definition) is 2. The molecule has 1 aromatic heterocycles. The number of aromatic nitrogens is 1. The van der Waals surface area contributed by atoms with Crippen LogP contribution >= 0.6 is 11.3 Å². The predicted molar refractivity (Wildman–Crippen MR) is 122 cm³/mol. The molecule has 0 bridgehead atoms. The van der Waals surface area contributed by atoms with Gasteiger partial charge in [-0.3, -0.25) is 4.79 Å². The van der Waals surface area contributed by atoms with Crippen molar-refractivity contribution in [3.8, 4) is 21.7 Å². The number of rotatable bonds is 6. The standard InChI is InChI=1S/C23H18FN3O3S2/c24-18-10-6-16(7-11-18)20-21(17-8-12-19(13-9-17)32(25,29)30)31-23(27-20)22(28)26-14-15-4-2-1-3-5-15/h1-13H,14H2,(H,26,28)(H2,25,29,30). The molecule has 3 aromatic carbocycles. The zero-order valence-electron chi connectivity index (χ0n) is 16.7. The minimum Gasteiger partial charge on any atom is -0.346 e. The van der Waals surface area contributed by atoms with E-state index in [2.05, 4.69) is 10.3 Å². The normalized spacial score (nSPS) is 11.3. The third-order valence-electron chi connectivity index (χ3n) is 4.68. The fourth-order valence-electron chi connectivity index (χ4n) is 3.07. The van der Waals surface area contributed by atoms with Gasteiger partial charge in [0.1, 0.15) is 5.82 Å². The maximum absolute atomic E-state index is 13.4. The van der Waals surface area contributed by atoms with E-state index in [1.54, 1.807) is 24.3 Å². The Morgan fingerprint density at radius 3 is 2.19 bits per heavy atom. The van der Waals surface area contributed by atoms with E-state index in [1.807, 2.05) is 30.3 Å². The molecular weight excluding hydrogens is 449 g/mol. The molecule has 0 atom stereocenters. The number of thiazole rings is 1. The van der Waals surface area contributed by atoms with Crippen molar-refractivity contribution in [2.45, 2.75) is 11.4 Å². The molecule has 0 aliphatic rings. The highest BCUT2D eigenvalue weighted by Crippen LogP contribution is 2.37. The van der Waals surface area contributed by atoms with Crippen LogP contribution in [0.4, 0.5) is 4.39 Å². The molecule has 0 aliphatic carbocycles. The number of sulfonamides is 1. The van der Waals surface area contributed by atoms with Crippen LogP contribution in [0.25, 0.3) is 21.7 Å². The van der Waals surface area contributed by atoms with Crippen molar-refractivity contribution in [2.24, 2.45) is 5.14 Å². The Labute approximate surface area is 188 Å². The van der Waals surface area contributed by atoms with Crippen LogP contribution in [0.15, 0.2) is 83.8 Å². The number of hydrogen-bond acceptors (Lipinski definition) is 5. The first-order valence-electron chi connectivity index (χ1n) is 9.53. The fraction of sp³-hybridized carbons (Fsp3) is 0.0435. The topological polar surface area (TPSA) is 102 Å². The van der Waals surface area contributed by atoms with Gasteiger partial charge >= 0.3 is 0 Å². The molecule has 0 spiro atoms. The number of benzene rings is 3. The quantitative estimate of drug-likeness (QED) is 0.444. The number of carbonyl (C=O) groups is 1. The van der Waals surface area contributed by atoms with Crippen molar-refractivity contribution in [2.75, 3.05) is 0 Å². The van der Waals surface area contributed by atoms with Crippen molar-refractivity contribution in [3.63, 3.8) is 0 Å². The molecule has 4 rings (SSSR count). The lowest BCUT2D eigenvalue weighted by Gasteiger charge is -2.04. The number of nitrogens with zero attached hydrogens (tertiary/aromatic N) is 1. The van der Waals surface area contributed by atoms with E-state index >= 15 is 0 Å². The smallest absolute Gasteiger partial charge is 0.280 e. The maximum Gasteiger partial charge on any atom is 0.280 e. The van der Waals surface area contributed by atoms with E-state index in [-0.39, 0.29) is 21.6 Å². The summed E-state index contributed by atoms with van der Waals surface area (Å²) in [7, 11) is -3.83. The molecule has 9 heteroatoms. The number of primary sulfonamides is 1. The van der Waals surface area contributed by atoms with Gasteiger partial charge in [0.25, 0.3) is 5.91 Å². The van der Waals surface area contributed by atoms with Gasteiger partial charge in [-0.25, -0.2) is 22.9 Å². The zero-order chi connectivity index (χ0) is 22.7. The second kappa shape index (κ2) is 8.99. The Balaban J connectivity index is 1.70. The summed E-state index contributed by atoms with van der Waals surface area (Å²) in [5, 5.41) is 8.27. The lowest BCUT2D eigenvalue weighted by Crippen LogP contribution is -2.22. The summed E-state index contributed by atoms with van der Waals surface area (Å²) < 4.78 is 36.6. The van der Waals surface area contributed by atoms with Crippen LogP contribution in [0, 0.1) is 5.82 Å². The number of halogens is 1. The molecule has 6 nitrogen and oxygen atoms in total. The summed E-state index contributed by atoms with van der Waals surface area (Å²) in [5.74, 6) is -0.724. The maximum atomic E-state index is 13.4. The molecule has 0 radical (unpaired) electrons. The molecule has 0 saturated heterocycles. The van der Waals surface area contributed by atoms with Gasteiger partial charge in [0.15, 0.2) is 5.01 Å². The Bertz CT molecular complexity index is 1350. The zero-order valence-corrected chi connectivity index (χ0v) is 18.3. The van der Waals surface area contributed by atoms with Crippen molar-refractivity contribution in [1.29, 1.82) is 0 Å². The molecule has 1 heterocycles. The van der Waals surface area contributed by atoms with E-state index in [9.17, 15) is 17.6 Å². The Kier molecular flexibility index (Phi) is 6.13. The van der Waals surface area contributed by atoms with Crippen LogP contribution in [-0.2, 0) is 16.6 Å². The van der Waals surface area contributed by atoms with E-state index in [4.69, 9.17) is 5.14 Å². The van der Waals surface area contributed by atoms with Gasteiger partial charge in [0.2, 0.25) is 10.0 Å². The van der Waals surface area contributed by atoms with Crippen molar-refractivity contribution in [3.05, 3.63) is 95.3 Å². The predicted octanol–water partition coefficient (Wildman–Crippen LogP) is 4.19. The summed E-state index contributed by atoms with van der Waals surface area (Å²) in [4.78, 5) is 17.9. The summed E-state index contributed by atoms with van der Waals surface area (Å²) in [6.45, 7) is 0.351. The van der Waals surface area contributed by atoms with Gasteiger partial charge in [-0.2, -0.15) is 0 Å². The molecule has 32 heavy (non-hydrogen) atoms. The van der Waals surface area contributed by atoms with Crippen LogP contribution in [0.3, 0.4) is 0 Å².